The van der Waals surface area contributed by atoms with Crippen molar-refractivity contribution in [3.63, 3.8) is 0 Å². The third kappa shape index (κ3) is 1.94. The summed E-state index contributed by atoms with van der Waals surface area (Å²) in [7, 11) is 0. The smallest absolute Gasteiger partial charge is 0.411 e. The molecule has 0 aromatic heterocycles. The van der Waals surface area contributed by atoms with Crippen LogP contribution in [0.25, 0.3) is 0 Å². The second-order valence-corrected chi connectivity index (χ2v) is 3.37. The molecule has 3 nitrogen and oxygen atoms in total. The van der Waals surface area contributed by atoms with E-state index in [-0.39, 0.29) is 12.2 Å². The molecule has 1 fully saturated rings. The Morgan fingerprint density at radius 2 is 2.20 bits per heavy atom. The Hall–Kier alpha value is -1.95. The van der Waals surface area contributed by atoms with Crippen LogP contribution in [0.5, 0.6) is 0 Å². The highest BCUT2D eigenvalue weighted by atomic mass is 16.6. The van der Waals surface area contributed by atoms with E-state index in [2.05, 4.69) is 5.92 Å². The van der Waals surface area contributed by atoms with Crippen LogP contribution in [0, 0.1) is 12.3 Å². The van der Waals surface area contributed by atoms with Gasteiger partial charge in [-0.2, -0.15) is 0 Å². The zero-order valence-electron chi connectivity index (χ0n) is 8.22. The lowest BCUT2D eigenvalue weighted by molar-refractivity contribution is 0.134. The van der Waals surface area contributed by atoms with Crippen molar-refractivity contribution in [1.82, 2.24) is 4.90 Å². The minimum atomic E-state index is -0.332. The van der Waals surface area contributed by atoms with Crippen LogP contribution in [-0.2, 0) is 4.74 Å². The zero-order valence-corrected chi connectivity index (χ0v) is 8.22. The van der Waals surface area contributed by atoms with E-state index in [1.807, 2.05) is 30.3 Å². The van der Waals surface area contributed by atoms with E-state index in [0.717, 1.165) is 5.56 Å². The van der Waals surface area contributed by atoms with E-state index in [1.54, 1.807) is 0 Å². The second-order valence-electron chi connectivity index (χ2n) is 3.37. The summed E-state index contributed by atoms with van der Waals surface area (Å²) < 4.78 is 5.20. The summed E-state index contributed by atoms with van der Waals surface area (Å²) >= 11 is 0. The molecule has 1 aromatic rings. The normalized spacial score (nSPS) is 19.8. The van der Waals surface area contributed by atoms with Gasteiger partial charge in [-0.3, -0.25) is 4.90 Å². The van der Waals surface area contributed by atoms with Gasteiger partial charge in [0.1, 0.15) is 6.10 Å². The predicted octanol–water partition coefficient (Wildman–Crippen LogP) is 1.81. The fourth-order valence-electron chi connectivity index (χ4n) is 1.59. The summed E-state index contributed by atoms with van der Waals surface area (Å²) in [6.07, 6.45) is 4.64. The van der Waals surface area contributed by atoms with Crippen LogP contribution in [0.15, 0.2) is 30.3 Å². The number of carbonyl (C=O) groups excluding carboxylic acids is 1. The van der Waals surface area contributed by atoms with Crippen LogP contribution in [0.3, 0.4) is 0 Å². The van der Waals surface area contributed by atoms with Gasteiger partial charge in [-0.05, 0) is 5.56 Å². The fourth-order valence-corrected chi connectivity index (χ4v) is 1.59. The third-order valence-corrected chi connectivity index (χ3v) is 2.34. The molecule has 15 heavy (non-hydrogen) atoms. The van der Waals surface area contributed by atoms with Gasteiger partial charge in [0.05, 0.1) is 13.1 Å². The summed E-state index contributed by atoms with van der Waals surface area (Å²) in [5.74, 6) is 2.44. The molecule has 1 saturated heterocycles. The van der Waals surface area contributed by atoms with Crippen LogP contribution in [0.2, 0.25) is 0 Å². The number of nitrogens with zero attached hydrogens (tertiary/aromatic N) is 1. The predicted molar refractivity (Wildman–Crippen MR) is 56.1 cm³/mol. The maximum Gasteiger partial charge on any atom is 0.411 e. The van der Waals surface area contributed by atoms with Gasteiger partial charge in [0.2, 0.25) is 0 Å². The lowest BCUT2D eigenvalue weighted by Crippen LogP contribution is -2.24. The average Bonchev–Trinajstić information content (AvgIpc) is 2.63. The number of carbonyl (C=O) groups is 1. The maximum atomic E-state index is 11.4. The van der Waals surface area contributed by atoms with Gasteiger partial charge in [0.25, 0.3) is 0 Å². The van der Waals surface area contributed by atoms with Crippen molar-refractivity contribution < 1.29 is 9.53 Å². The first kappa shape index (κ1) is 9.60. The molecule has 0 saturated carbocycles. The van der Waals surface area contributed by atoms with Gasteiger partial charge in [0.15, 0.2) is 0 Å². The van der Waals surface area contributed by atoms with Crippen molar-refractivity contribution in [1.29, 1.82) is 0 Å². The molecule has 1 aliphatic rings. The van der Waals surface area contributed by atoms with E-state index < -0.39 is 0 Å². The molecule has 1 aliphatic heterocycles. The molecular formula is C12H11NO2. The Balaban J connectivity index is 2.10. The molecule has 1 amide bonds. The van der Waals surface area contributed by atoms with Crippen LogP contribution >= 0.6 is 0 Å². The van der Waals surface area contributed by atoms with Gasteiger partial charge < -0.3 is 4.74 Å². The topological polar surface area (TPSA) is 29.5 Å². The molecule has 1 aromatic carbocycles. The van der Waals surface area contributed by atoms with Crippen molar-refractivity contribution in [2.75, 3.05) is 13.1 Å². The standard InChI is InChI=1S/C12H11NO2/c1-2-8-13-9-11(15-12(13)14)10-6-4-3-5-7-10/h1,3-7,11H,8-9H2/t11-/m1/s1. The molecule has 0 aliphatic carbocycles. The van der Waals surface area contributed by atoms with E-state index in [9.17, 15) is 4.79 Å². The minimum absolute atomic E-state index is 0.188. The van der Waals surface area contributed by atoms with Gasteiger partial charge >= 0.3 is 6.09 Å². The highest BCUT2D eigenvalue weighted by Gasteiger charge is 2.31. The molecule has 0 spiro atoms. The van der Waals surface area contributed by atoms with Gasteiger partial charge in [-0.15, -0.1) is 6.42 Å². The van der Waals surface area contributed by atoms with Gasteiger partial charge in [-0.25, -0.2) is 4.79 Å². The molecule has 1 heterocycles. The molecular weight excluding hydrogens is 190 g/mol. The Morgan fingerprint density at radius 1 is 1.47 bits per heavy atom. The van der Waals surface area contributed by atoms with Crippen molar-refractivity contribution in [2.45, 2.75) is 6.10 Å². The lowest BCUT2D eigenvalue weighted by atomic mass is 10.1. The number of hydrogen-bond acceptors (Lipinski definition) is 2. The van der Waals surface area contributed by atoms with Crippen molar-refractivity contribution in [3.8, 4) is 12.3 Å². The molecule has 3 heteroatoms. The minimum Gasteiger partial charge on any atom is -0.439 e. The first-order valence-electron chi connectivity index (χ1n) is 4.75. The third-order valence-electron chi connectivity index (χ3n) is 2.34. The first-order valence-corrected chi connectivity index (χ1v) is 4.75. The zero-order chi connectivity index (χ0) is 10.7. The van der Waals surface area contributed by atoms with Gasteiger partial charge in [-0.1, -0.05) is 36.3 Å². The van der Waals surface area contributed by atoms with Crippen molar-refractivity contribution in [2.24, 2.45) is 0 Å². The number of benzene rings is 1. The average molecular weight is 201 g/mol. The maximum absolute atomic E-state index is 11.4. The van der Waals surface area contributed by atoms with E-state index >= 15 is 0 Å². The Bertz CT molecular complexity index is 394. The van der Waals surface area contributed by atoms with E-state index in [4.69, 9.17) is 11.2 Å². The van der Waals surface area contributed by atoms with Crippen LogP contribution in [-0.4, -0.2) is 24.1 Å². The summed E-state index contributed by atoms with van der Waals surface area (Å²) in [6.45, 7) is 0.842. The van der Waals surface area contributed by atoms with Crippen molar-refractivity contribution >= 4 is 6.09 Å². The summed E-state index contributed by atoms with van der Waals surface area (Å²) in [4.78, 5) is 12.9. The molecule has 0 unspecified atom stereocenters. The number of ether oxygens (including phenoxy) is 1. The molecule has 2 rings (SSSR count). The summed E-state index contributed by atoms with van der Waals surface area (Å²) in [5.41, 5.74) is 1.00. The lowest BCUT2D eigenvalue weighted by Gasteiger charge is -2.08. The van der Waals surface area contributed by atoms with Crippen LogP contribution in [0.4, 0.5) is 4.79 Å². The molecule has 0 bridgehead atoms. The fraction of sp³-hybridized carbons (Fsp3) is 0.250. The van der Waals surface area contributed by atoms with Crippen LogP contribution < -0.4 is 0 Å². The molecule has 0 radical (unpaired) electrons. The van der Waals surface area contributed by atoms with Crippen molar-refractivity contribution in [3.05, 3.63) is 35.9 Å². The monoisotopic (exact) mass is 201 g/mol. The first-order chi connectivity index (χ1) is 7.31. The number of rotatable bonds is 2. The number of amides is 1. The number of cyclic esters (lactones) is 1. The van der Waals surface area contributed by atoms with Crippen LogP contribution in [0.1, 0.15) is 11.7 Å². The Kier molecular flexibility index (Phi) is 2.59. The van der Waals surface area contributed by atoms with E-state index in [1.165, 1.54) is 4.90 Å². The molecule has 0 N–H and O–H groups in total. The molecule has 76 valence electrons. The van der Waals surface area contributed by atoms with E-state index in [0.29, 0.717) is 13.1 Å². The summed E-state index contributed by atoms with van der Waals surface area (Å²) in [6, 6.07) is 9.66. The highest BCUT2D eigenvalue weighted by Crippen LogP contribution is 2.25. The Morgan fingerprint density at radius 3 is 2.87 bits per heavy atom. The second kappa shape index (κ2) is 4.05. The summed E-state index contributed by atoms with van der Waals surface area (Å²) in [5, 5.41) is 0. The van der Waals surface area contributed by atoms with Gasteiger partial charge in [0, 0.05) is 0 Å². The highest BCUT2D eigenvalue weighted by molar-refractivity contribution is 5.70. The number of terminal acetylenes is 1. The number of hydrogen-bond donors (Lipinski definition) is 0. The Labute approximate surface area is 88.6 Å². The largest absolute Gasteiger partial charge is 0.439 e. The quantitative estimate of drug-likeness (QED) is 0.683. The molecule has 1 atom stereocenters. The SMILES string of the molecule is C#CCN1C[C@H](c2ccccc2)OC1=O.